The van der Waals surface area contributed by atoms with Gasteiger partial charge in [0, 0.05) is 11.9 Å². The van der Waals surface area contributed by atoms with Gasteiger partial charge in [-0.25, -0.2) is 9.97 Å². The number of hydrogen-bond donors (Lipinski definition) is 1. The Bertz CT molecular complexity index is 922. The number of carbonyl (C=O) groups is 1. The Morgan fingerprint density at radius 1 is 1.07 bits per heavy atom. The number of aromatic nitrogens is 2. The minimum atomic E-state index is 0.0270. The normalized spacial score (nSPS) is 11.1. The standard InChI is InChI=1S/C22H25N3OS/c1-15(2)18-10-8-17(9-11-18)12-13-23-21(26)14-27-22-19-6-4-5-7-20(19)24-16(3)25-22/h4-11,15H,12-14H2,1-3H3,(H,23,26). The smallest absolute Gasteiger partial charge is 0.230 e. The summed E-state index contributed by atoms with van der Waals surface area (Å²) in [5, 5.41) is 4.85. The second-order valence-electron chi connectivity index (χ2n) is 6.88. The van der Waals surface area contributed by atoms with Crippen molar-refractivity contribution in [3.05, 3.63) is 65.5 Å². The van der Waals surface area contributed by atoms with Crippen LogP contribution in [0.5, 0.6) is 0 Å². The van der Waals surface area contributed by atoms with Crippen molar-refractivity contribution >= 4 is 28.6 Å². The van der Waals surface area contributed by atoms with Crippen LogP contribution in [0.4, 0.5) is 0 Å². The first-order valence-corrected chi connectivity index (χ1v) is 10.2. The lowest BCUT2D eigenvalue weighted by molar-refractivity contribution is -0.118. The number of rotatable bonds is 7. The van der Waals surface area contributed by atoms with Crippen LogP contribution in [0.25, 0.3) is 10.9 Å². The number of para-hydroxylation sites is 1. The van der Waals surface area contributed by atoms with E-state index in [9.17, 15) is 4.79 Å². The number of fused-ring (bicyclic) bond motifs is 1. The molecule has 2 aromatic carbocycles. The molecule has 0 bridgehead atoms. The molecule has 0 aliphatic carbocycles. The van der Waals surface area contributed by atoms with E-state index in [0.717, 1.165) is 28.2 Å². The van der Waals surface area contributed by atoms with Crippen molar-refractivity contribution < 1.29 is 4.79 Å². The summed E-state index contributed by atoms with van der Waals surface area (Å²) in [5.74, 6) is 1.64. The molecule has 3 aromatic rings. The van der Waals surface area contributed by atoms with Crippen molar-refractivity contribution in [2.45, 2.75) is 38.1 Å². The summed E-state index contributed by atoms with van der Waals surface area (Å²) in [6.45, 7) is 6.90. The van der Waals surface area contributed by atoms with Gasteiger partial charge in [0.1, 0.15) is 10.9 Å². The molecule has 0 aliphatic rings. The number of hydrogen-bond acceptors (Lipinski definition) is 4. The third-order valence-corrected chi connectivity index (χ3v) is 5.39. The highest BCUT2D eigenvalue weighted by Gasteiger charge is 2.09. The first-order chi connectivity index (χ1) is 13.0. The highest BCUT2D eigenvalue weighted by Crippen LogP contribution is 2.24. The lowest BCUT2D eigenvalue weighted by atomic mass is 10.0. The van der Waals surface area contributed by atoms with Crippen molar-refractivity contribution in [3.63, 3.8) is 0 Å². The average molecular weight is 380 g/mol. The molecule has 5 heteroatoms. The summed E-state index contributed by atoms with van der Waals surface area (Å²) in [6, 6.07) is 16.5. The Balaban J connectivity index is 1.50. The van der Waals surface area contributed by atoms with Crippen LogP contribution in [0, 0.1) is 6.92 Å². The summed E-state index contributed by atoms with van der Waals surface area (Å²) in [7, 11) is 0. The van der Waals surface area contributed by atoms with Gasteiger partial charge in [-0.05, 0) is 36.5 Å². The predicted molar refractivity (Wildman–Crippen MR) is 112 cm³/mol. The molecule has 1 heterocycles. The van der Waals surface area contributed by atoms with Gasteiger partial charge in [0.25, 0.3) is 0 Å². The molecule has 0 spiro atoms. The van der Waals surface area contributed by atoms with E-state index in [2.05, 4.69) is 53.4 Å². The second-order valence-corrected chi connectivity index (χ2v) is 7.84. The number of nitrogens with one attached hydrogen (secondary N) is 1. The maximum Gasteiger partial charge on any atom is 0.230 e. The zero-order valence-corrected chi connectivity index (χ0v) is 16.8. The maximum atomic E-state index is 12.2. The van der Waals surface area contributed by atoms with Gasteiger partial charge in [0.05, 0.1) is 11.3 Å². The molecule has 1 aromatic heterocycles. The van der Waals surface area contributed by atoms with E-state index in [4.69, 9.17) is 0 Å². The lowest BCUT2D eigenvalue weighted by Gasteiger charge is -2.09. The number of thioether (sulfide) groups is 1. The highest BCUT2D eigenvalue weighted by molar-refractivity contribution is 8.00. The third kappa shape index (κ3) is 5.30. The monoisotopic (exact) mass is 379 g/mol. The van der Waals surface area contributed by atoms with Crippen LogP contribution in [0.15, 0.2) is 53.6 Å². The van der Waals surface area contributed by atoms with Gasteiger partial charge in [0.15, 0.2) is 0 Å². The van der Waals surface area contributed by atoms with Crippen molar-refractivity contribution in [3.8, 4) is 0 Å². The molecule has 0 saturated heterocycles. The van der Waals surface area contributed by atoms with E-state index < -0.39 is 0 Å². The van der Waals surface area contributed by atoms with Gasteiger partial charge in [-0.3, -0.25) is 4.79 Å². The van der Waals surface area contributed by atoms with Gasteiger partial charge in [-0.1, -0.05) is 68.1 Å². The van der Waals surface area contributed by atoms with Gasteiger partial charge >= 0.3 is 0 Å². The Kier molecular flexibility index (Phi) is 6.45. The number of nitrogens with zero attached hydrogens (tertiary/aromatic N) is 2. The van der Waals surface area contributed by atoms with Gasteiger partial charge < -0.3 is 5.32 Å². The fourth-order valence-corrected chi connectivity index (χ4v) is 3.76. The molecule has 0 unspecified atom stereocenters. The van der Waals surface area contributed by atoms with Crippen molar-refractivity contribution in [1.82, 2.24) is 15.3 Å². The number of amides is 1. The highest BCUT2D eigenvalue weighted by atomic mass is 32.2. The molecule has 0 fully saturated rings. The lowest BCUT2D eigenvalue weighted by Crippen LogP contribution is -2.27. The van der Waals surface area contributed by atoms with E-state index >= 15 is 0 Å². The molecule has 27 heavy (non-hydrogen) atoms. The predicted octanol–water partition coefficient (Wildman–Crippen LogP) is 4.51. The van der Waals surface area contributed by atoms with Crippen molar-refractivity contribution in [2.24, 2.45) is 0 Å². The molecular weight excluding hydrogens is 354 g/mol. The molecule has 1 amide bonds. The number of carbonyl (C=O) groups excluding carboxylic acids is 1. The van der Waals surface area contributed by atoms with Crippen LogP contribution in [0.2, 0.25) is 0 Å². The minimum absolute atomic E-state index is 0.0270. The van der Waals surface area contributed by atoms with Crippen LogP contribution in [-0.2, 0) is 11.2 Å². The first kappa shape index (κ1) is 19.4. The van der Waals surface area contributed by atoms with Crippen molar-refractivity contribution in [2.75, 3.05) is 12.3 Å². The van der Waals surface area contributed by atoms with Gasteiger partial charge in [0.2, 0.25) is 5.91 Å². The van der Waals surface area contributed by atoms with E-state index in [1.54, 1.807) is 0 Å². The van der Waals surface area contributed by atoms with E-state index in [0.29, 0.717) is 18.2 Å². The van der Waals surface area contributed by atoms with Crippen LogP contribution in [-0.4, -0.2) is 28.2 Å². The summed E-state index contributed by atoms with van der Waals surface area (Å²) in [4.78, 5) is 21.1. The number of benzene rings is 2. The van der Waals surface area contributed by atoms with Crippen LogP contribution in [0.3, 0.4) is 0 Å². The van der Waals surface area contributed by atoms with Crippen molar-refractivity contribution in [1.29, 1.82) is 0 Å². The van der Waals surface area contributed by atoms with Gasteiger partial charge in [-0.15, -0.1) is 0 Å². The molecule has 4 nitrogen and oxygen atoms in total. The van der Waals surface area contributed by atoms with Gasteiger partial charge in [-0.2, -0.15) is 0 Å². The first-order valence-electron chi connectivity index (χ1n) is 9.24. The zero-order valence-electron chi connectivity index (χ0n) is 16.0. The fourth-order valence-electron chi connectivity index (χ4n) is 2.87. The molecule has 0 aliphatic heterocycles. The topological polar surface area (TPSA) is 54.9 Å². The zero-order chi connectivity index (χ0) is 19.2. The van der Waals surface area contributed by atoms with Crippen LogP contribution in [0.1, 0.15) is 36.7 Å². The summed E-state index contributed by atoms with van der Waals surface area (Å²) >= 11 is 1.46. The van der Waals surface area contributed by atoms with Crippen LogP contribution >= 0.6 is 11.8 Å². The van der Waals surface area contributed by atoms with E-state index in [1.165, 1.54) is 22.9 Å². The Morgan fingerprint density at radius 2 is 1.81 bits per heavy atom. The molecule has 0 radical (unpaired) electrons. The molecule has 140 valence electrons. The van der Waals surface area contributed by atoms with Crippen LogP contribution < -0.4 is 5.32 Å². The minimum Gasteiger partial charge on any atom is -0.355 e. The molecule has 0 saturated carbocycles. The average Bonchev–Trinajstić information content (AvgIpc) is 2.66. The largest absolute Gasteiger partial charge is 0.355 e. The molecular formula is C22H25N3OS. The molecule has 1 N–H and O–H groups in total. The van der Waals surface area contributed by atoms with E-state index in [1.807, 2.05) is 31.2 Å². The third-order valence-electron chi connectivity index (χ3n) is 4.40. The Morgan fingerprint density at radius 3 is 2.56 bits per heavy atom. The Hall–Kier alpha value is -2.40. The summed E-state index contributed by atoms with van der Waals surface area (Å²) in [5.41, 5.74) is 3.49. The second kappa shape index (κ2) is 9.00. The quantitative estimate of drug-likeness (QED) is 0.485. The molecule has 0 atom stereocenters. The maximum absolute atomic E-state index is 12.2. The fraction of sp³-hybridized carbons (Fsp3) is 0.318. The summed E-state index contributed by atoms with van der Waals surface area (Å²) in [6.07, 6.45) is 0.838. The summed E-state index contributed by atoms with van der Waals surface area (Å²) < 4.78 is 0. The van der Waals surface area contributed by atoms with E-state index in [-0.39, 0.29) is 5.91 Å². The molecule has 3 rings (SSSR count). The number of aryl methyl sites for hydroxylation is 1. The Labute approximate surface area is 164 Å². The SMILES string of the molecule is Cc1nc(SCC(=O)NCCc2ccc(C(C)C)cc2)c2ccccc2n1.